The molecule has 6 heteroatoms. The van der Waals surface area contributed by atoms with Crippen LogP contribution < -0.4 is 5.73 Å². The third-order valence-electron chi connectivity index (χ3n) is 9.58. The molecule has 0 aromatic heterocycles. The van der Waals surface area contributed by atoms with Gasteiger partial charge in [-0.1, -0.05) is 19.0 Å². The van der Waals surface area contributed by atoms with Gasteiger partial charge in [-0.2, -0.15) is 0 Å². The zero-order chi connectivity index (χ0) is 20.2. The molecule has 0 aromatic carbocycles. The van der Waals surface area contributed by atoms with Gasteiger partial charge in [-0.3, -0.25) is 0 Å². The standard InChI is InChI=1S/C22H38N2O4/c1-19-7-5-16(25)13-15(19)3-4-18-17(19)6-8-20(2)21(26,9-10-22(18,20)27)14-24-28-12-11-23/h14-18,25-27H,3-13,23H2,1-2H3/b24-14+/t15?,16?,17-,18-,19+,20-,21?,22-/m1/s1. The molecule has 0 bridgehead atoms. The summed E-state index contributed by atoms with van der Waals surface area (Å²) in [6.45, 7) is 5.15. The van der Waals surface area contributed by atoms with Gasteiger partial charge in [0.1, 0.15) is 12.2 Å². The van der Waals surface area contributed by atoms with Crippen LogP contribution in [0.5, 0.6) is 0 Å². The van der Waals surface area contributed by atoms with E-state index >= 15 is 0 Å². The lowest BCUT2D eigenvalue weighted by atomic mass is 9.43. The first kappa shape index (κ1) is 20.6. The zero-order valence-electron chi connectivity index (χ0n) is 17.4. The molecule has 3 unspecified atom stereocenters. The molecular formula is C22H38N2O4. The molecule has 6 nitrogen and oxygen atoms in total. The highest BCUT2D eigenvalue weighted by Gasteiger charge is 2.71. The number of hydrogen-bond donors (Lipinski definition) is 4. The summed E-state index contributed by atoms with van der Waals surface area (Å²) < 4.78 is 0. The first-order valence-corrected chi connectivity index (χ1v) is 11.2. The van der Waals surface area contributed by atoms with Gasteiger partial charge in [0.2, 0.25) is 0 Å². The van der Waals surface area contributed by atoms with E-state index in [0.29, 0.717) is 37.8 Å². The van der Waals surface area contributed by atoms with Crippen molar-refractivity contribution in [3.8, 4) is 0 Å². The van der Waals surface area contributed by atoms with Crippen LogP contribution in [0.4, 0.5) is 0 Å². The minimum Gasteiger partial charge on any atom is -0.395 e. The van der Waals surface area contributed by atoms with Gasteiger partial charge in [0.05, 0.1) is 17.9 Å². The van der Waals surface area contributed by atoms with Gasteiger partial charge in [-0.15, -0.1) is 0 Å². The normalized spacial score (nSPS) is 53.5. The fraction of sp³-hybridized carbons (Fsp3) is 0.955. The van der Waals surface area contributed by atoms with Gasteiger partial charge >= 0.3 is 0 Å². The van der Waals surface area contributed by atoms with Crippen LogP contribution in [0.15, 0.2) is 5.16 Å². The Kier molecular flexibility index (Phi) is 5.09. The van der Waals surface area contributed by atoms with Crippen molar-refractivity contribution in [2.45, 2.75) is 88.9 Å². The second-order valence-corrected chi connectivity index (χ2v) is 10.5. The Morgan fingerprint density at radius 3 is 2.57 bits per heavy atom. The molecule has 8 atom stereocenters. The van der Waals surface area contributed by atoms with E-state index in [1.165, 1.54) is 6.21 Å². The molecule has 0 heterocycles. The highest BCUT2D eigenvalue weighted by atomic mass is 16.6. The van der Waals surface area contributed by atoms with E-state index in [-0.39, 0.29) is 17.4 Å². The Morgan fingerprint density at radius 2 is 1.82 bits per heavy atom. The molecule has 4 rings (SSSR count). The van der Waals surface area contributed by atoms with Crippen LogP contribution in [0.3, 0.4) is 0 Å². The Balaban J connectivity index is 1.61. The van der Waals surface area contributed by atoms with Crippen LogP contribution in [0.2, 0.25) is 0 Å². The second-order valence-electron chi connectivity index (χ2n) is 10.5. The quantitative estimate of drug-likeness (QED) is 0.332. The molecule has 4 fully saturated rings. The zero-order valence-corrected chi connectivity index (χ0v) is 17.4. The summed E-state index contributed by atoms with van der Waals surface area (Å²) in [6.07, 6.45) is 9.17. The van der Waals surface area contributed by atoms with Crippen molar-refractivity contribution in [1.29, 1.82) is 0 Å². The molecule has 5 N–H and O–H groups in total. The van der Waals surface area contributed by atoms with Crippen LogP contribution in [0.25, 0.3) is 0 Å². The first-order valence-electron chi connectivity index (χ1n) is 11.2. The molecule has 0 amide bonds. The molecule has 160 valence electrons. The van der Waals surface area contributed by atoms with Crippen LogP contribution >= 0.6 is 0 Å². The lowest BCUT2D eigenvalue weighted by molar-refractivity contribution is -0.224. The Hall–Kier alpha value is -0.690. The number of hydrogen-bond acceptors (Lipinski definition) is 6. The third-order valence-corrected chi connectivity index (χ3v) is 9.58. The summed E-state index contributed by atoms with van der Waals surface area (Å²) in [5.74, 6) is 1.22. The topological polar surface area (TPSA) is 108 Å². The fourth-order valence-corrected chi connectivity index (χ4v) is 7.69. The van der Waals surface area contributed by atoms with Crippen molar-refractivity contribution in [3.05, 3.63) is 0 Å². The van der Waals surface area contributed by atoms with Crippen LogP contribution in [0.1, 0.15) is 71.6 Å². The van der Waals surface area contributed by atoms with E-state index in [1.54, 1.807) is 0 Å². The minimum absolute atomic E-state index is 0.159. The van der Waals surface area contributed by atoms with E-state index in [4.69, 9.17) is 10.6 Å². The number of nitrogens with two attached hydrogens (primary N) is 1. The van der Waals surface area contributed by atoms with Crippen molar-refractivity contribution in [3.63, 3.8) is 0 Å². The molecule has 0 aromatic rings. The maximum Gasteiger partial charge on any atom is 0.129 e. The molecule has 4 aliphatic rings. The van der Waals surface area contributed by atoms with E-state index < -0.39 is 16.6 Å². The SMILES string of the molecule is C[C@]12CCC(O)CC1CC[C@@H]1[C@H]2CC[C@]2(C)C(O)(/C=N/OCCN)CC[C@@]12O. The molecule has 4 aliphatic carbocycles. The maximum atomic E-state index is 12.0. The van der Waals surface area contributed by atoms with Crippen molar-refractivity contribution >= 4 is 6.21 Å². The van der Waals surface area contributed by atoms with E-state index in [2.05, 4.69) is 12.1 Å². The summed E-state index contributed by atoms with van der Waals surface area (Å²) >= 11 is 0. The number of oxime groups is 1. The predicted molar refractivity (Wildman–Crippen MR) is 108 cm³/mol. The largest absolute Gasteiger partial charge is 0.395 e. The average molecular weight is 395 g/mol. The molecule has 0 aliphatic heterocycles. The lowest BCUT2D eigenvalue weighted by Crippen LogP contribution is -2.65. The third kappa shape index (κ3) is 2.71. The Bertz CT molecular complexity index is 630. The lowest BCUT2D eigenvalue weighted by Gasteiger charge is -2.64. The van der Waals surface area contributed by atoms with Crippen molar-refractivity contribution < 1.29 is 20.2 Å². The van der Waals surface area contributed by atoms with Crippen molar-refractivity contribution in [2.24, 2.45) is 39.5 Å². The highest BCUT2D eigenvalue weighted by Crippen LogP contribution is 2.69. The van der Waals surface area contributed by atoms with Crippen LogP contribution in [-0.2, 0) is 4.84 Å². The monoisotopic (exact) mass is 394 g/mol. The Labute approximate surface area is 168 Å². The van der Waals surface area contributed by atoms with Gasteiger partial charge in [-0.05, 0) is 81.0 Å². The Morgan fingerprint density at radius 1 is 1.04 bits per heavy atom. The van der Waals surface area contributed by atoms with Gasteiger partial charge < -0.3 is 25.9 Å². The predicted octanol–water partition coefficient (Wildman–Crippen LogP) is 2.20. The van der Waals surface area contributed by atoms with Crippen molar-refractivity contribution in [2.75, 3.05) is 13.2 Å². The molecular weight excluding hydrogens is 356 g/mol. The van der Waals surface area contributed by atoms with Crippen molar-refractivity contribution in [1.82, 2.24) is 0 Å². The number of aliphatic hydroxyl groups is 3. The molecule has 0 radical (unpaired) electrons. The number of aliphatic hydroxyl groups excluding tert-OH is 1. The van der Waals surface area contributed by atoms with E-state index in [1.807, 2.05) is 6.92 Å². The summed E-state index contributed by atoms with van der Waals surface area (Å²) in [5, 5.41) is 37.7. The molecule has 4 saturated carbocycles. The van der Waals surface area contributed by atoms with E-state index in [0.717, 1.165) is 44.9 Å². The first-order chi connectivity index (χ1) is 13.2. The smallest absolute Gasteiger partial charge is 0.129 e. The second kappa shape index (κ2) is 6.93. The highest BCUT2D eigenvalue weighted by molar-refractivity contribution is 5.71. The summed E-state index contributed by atoms with van der Waals surface area (Å²) in [5.41, 5.74) is 2.98. The number of fused-ring (bicyclic) bond motifs is 5. The summed E-state index contributed by atoms with van der Waals surface area (Å²) in [4.78, 5) is 5.15. The average Bonchev–Trinajstić information content (AvgIpc) is 2.87. The fourth-order valence-electron chi connectivity index (χ4n) is 7.69. The molecule has 0 spiro atoms. The van der Waals surface area contributed by atoms with Crippen LogP contribution in [-0.4, -0.2) is 52.0 Å². The summed E-state index contributed by atoms with van der Waals surface area (Å²) in [7, 11) is 0. The maximum absolute atomic E-state index is 12.0. The molecule has 0 saturated heterocycles. The molecule has 28 heavy (non-hydrogen) atoms. The van der Waals surface area contributed by atoms with Crippen LogP contribution in [0, 0.1) is 28.6 Å². The van der Waals surface area contributed by atoms with Gasteiger partial charge in [0.25, 0.3) is 0 Å². The van der Waals surface area contributed by atoms with Gasteiger partial charge in [0.15, 0.2) is 0 Å². The minimum atomic E-state index is -1.15. The van der Waals surface area contributed by atoms with Gasteiger partial charge in [0, 0.05) is 12.0 Å². The number of rotatable bonds is 4. The summed E-state index contributed by atoms with van der Waals surface area (Å²) in [6, 6.07) is 0. The van der Waals surface area contributed by atoms with E-state index in [9.17, 15) is 15.3 Å². The number of nitrogens with zero attached hydrogens (tertiary/aromatic N) is 1. The van der Waals surface area contributed by atoms with Gasteiger partial charge in [-0.25, -0.2) is 0 Å².